The molecule has 2 nitrogen and oxygen atoms in total. The second-order valence-electron chi connectivity index (χ2n) is 4.45. The highest BCUT2D eigenvalue weighted by Crippen LogP contribution is 2.36. The van der Waals surface area contributed by atoms with Crippen molar-refractivity contribution in [3.8, 4) is 5.75 Å². The molecule has 0 bridgehead atoms. The monoisotopic (exact) mass is 495 g/mol. The third-order valence-corrected chi connectivity index (χ3v) is 4.90. The number of hydrogen-bond acceptors (Lipinski definition) is 2. The Labute approximate surface area is 154 Å². The highest BCUT2D eigenvalue weighted by molar-refractivity contribution is 9.11. The fourth-order valence-electron chi connectivity index (χ4n) is 1.85. The van der Waals surface area contributed by atoms with Crippen LogP contribution in [0, 0.1) is 0 Å². The van der Waals surface area contributed by atoms with Gasteiger partial charge in [-0.25, -0.2) is 0 Å². The quantitative estimate of drug-likeness (QED) is 0.574. The topological polar surface area (TPSA) is 35.2 Å². The Morgan fingerprint density at radius 3 is 2.29 bits per heavy atom. The van der Waals surface area contributed by atoms with Gasteiger partial charge in [0.1, 0.15) is 12.4 Å². The molecule has 112 valence electrons. The number of halogens is 4. The summed E-state index contributed by atoms with van der Waals surface area (Å²) in [6, 6.07) is 9.79. The summed E-state index contributed by atoms with van der Waals surface area (Å²) in [5.41, 5.74) is 7.67. The summed E-state index contributed by atoms with van der Waals surface area (Å²) in [6.45, 7) is 1.02. The third kappa shape index (κ3) is 4.70. The maximum atomic E-state index is 6.19. The Kier molecular flexibility index (Phi) is 6.56. The van der Waals surface area contributed by atoms with Crippen LogP contribution in [0.15, 0.2) is 43.7 Å². The summed E-state index contributed by atoms with van der Waals surface area (Å²) < 4.78 is 8.63. The molecule has 0 aliphatic rings. The normalized spacial score (nSPS) is 10.7. The smallest absolute Gasteiger partial charge is 0.148 e. The van der Waals surface area contributed by atoms with Gasteiger partial charge in [-0.05, 0) is 74.7 Å². The molecule has 0 atom stereocenters. The molecule has 0 aliphatic carbocycles. The van der Waals surface area contributed by atoms with Crippen molar-refractivity contribution in [3.05, 3.63) is 59.9 Å². The van der Waals surface area contributed by atoms with Gasteiger partial charge >= 0.3 is 0 Å². The predicted octanol–water partition coefficient (Wildman–Crippen LogP) is 5.71. The van der Waals surface area contributed by atoms with E-state index in [1.165, 1.54) is 0 Å². The van der Waals surface area contributed by atoms with Crippen LogP contribution >= 0.6 is 59.4 Å². The molecular formula is C15H13Br3ClNO. The van der Waals surface area contributed by atoms with Crippen LogP contribution in [-0.2, 0) is 13.0 Å². The number of rotatable bonds is 5. The van der Waals surface area contributed by atoms with E-state index in [1.54, 1.807) is 0 Å². The van der Waals surface area contributed by atoms with Crippen LogP contribution in [0.5, 0.6) is 5.75 Å². The molecule has 0 fully saturated rings. The molecule has 2 rings (SSSR count). The van der Waals surface area contributed by atoms with E-state index in [0.717, 1.165) is 36.7 Å². The van der Waals surface area contributed by atoms with Gasteiger partial charge in [-0.1, -0.05) is 33.6 Å². The van der Waals surface area contributed by atoms with Gasteiger partial charge in [-0.15, -0.1) is 0 Å². The lowest BCUT2D eigenvalue weighted by atomic mass is 10.1. The Morgan fingerprint density at radius 1 is 1.05 bits per heavy atom. The molecule has 6 heteroatoms. The van der Waals surface area contributed by atoms with Gasteiger partial charge in [-0.3, -0.25) is 0 Å². The largest absolute Gasteiger partial charge is 0.486 e. The first kappa shape index (κ1) is 17.3. The van der Waals surface area contributed by atoms with Crippen molar-refractivity contribution < 1.29 is 4.74 Å². The lowest BCUT2D eigenvalue weighted by molar-refractivity contribution is 0.302. The SMILES string of the molecule is NCCc1cc(Br)c(OCc2ccc(Br)cc2Cl)c(Br)c1. The van der Waals surface area contributed by atoms with Gasteiger partial charge < -0.3 is 10.5 Å². The van der Waals surface area contributed by atoms with Crippen molar-refractivity contribution in [2.45, 2.75) is 13.0 Å². The zero-order valence-corrected chi connectivity index (χ0v) is 16.5. The lowest BCUT2D eigenvalue weighted by Crippen LogP contribution is -2.03. The number of nitrogens with two attached hydrogens (primary N) is 1. The summed E-state index contributed by atoms with van der Waals surface area (Å²) in [5.74, 6) is 0.759. The minimum atomic E-state index is 0.402. The van der Waals surface area contributed by atoms with Gasteiger partial charge in [0.15, 0.2) is 0 Å². The zero-order chi connectivity index (χ0) is 15.4. The van der Waals surface area contributed by atoms with Gasteiger partial charge in [0.05, 0.1) is 8.95 Å². The number of hydrogen-bond donors (Lipinski definition) is 1. The minimum absolute atomic E-state index is 0.402. The Hall–Kier alpha value is -0.0700. The van der Waals surface area contributed by atoms with E-state index in [2.05, 4.69) is 47.8 Å². The molecule has 2 N–H and O–H groups in total. The second kappa shape index (κ2) is 7.97. The van der Waals surface area contributed by atoms with E-state index in [1.807, 2.05) is 30.3 Å². The molecule has 2 aromatic rings. The van der Waals surface area contributed by atoms with Crippen LogP contribution < -0.4 is 10.5 Å². The molecule has 0 spiro atoms. The molecular weight excluding hydrogens is 485 g/mol. The van der Waals surface area contributed by atoms with Gasteiger partial charge in [0, 0.05) is 15.1 Å². The van der Waals surface area contributed by atoms with Crippen LogP contribution in [0.4, 0.5) is 0 Å². The van der Waals surface area contributed by atoms with Gasteiger partial charge in [0.25, 0.3) is 0 Å². The highest BCUT2D eigenvalue weighted by atomic mass is 79.9. The molecule has 0 amide bonds. The predicted molar refractivity (Wildman–Crippen MR) is 98.1 cm³/mol. The van der Waals surface area contributed by atoms with Crippen LogP contribution in [0.2, 0.25) is 5.02 Å². The van der Waals surface area contributed by atoms with E-state index in [9.17, 15) is 0 Å². The van der Waals surface area contributed by atoms with Crippen LogP contribution in [0.25, 0.3) is 0 Å². The molecule has 0 aliphatic heterocycles. The molecule has 0 heterocycles. The van der Waals surface area contributed by atoms with Crippen molar-refractivity contribution in [2.24, 2.45) is 5.73 Å². The Balaban J connectivity index is 2.16. The zero-order valence-electron chi connectivity index (χ0n) is 11.0. The maximum Gasteiger partial charge on any atom is 0.148 e. The van der Waals surface area contributed by atoms with Crippen LogP contribution in [0.1, 0.15) is 11.1 Å². The average Bonchev–Trinajstić information content (AvgIpc) is 2.40. The Bertz CT molecular complexity index is 626. The highest BCUT2D eigenvalue weighted by Gasteiger charge is 2.10. The fraction of sp³-hybridized carbons (Fsp3) is 0.200. The first-order chi connectivity index (χ1) is 10.0. The maximum absolute atomic E-state index is 6.19. The third-order valence-electron chi connectivity index (χ3n) is 2.88. The van der Waals surface area contributed by atoms with Gasteiger partial charge in [-0.2, -0.15) is 0 Å². The average molecular weight is 498 g/mol. The van der Waals surface area contributed by atoms with Crippen LogP contribution in [0.3, 0.4) is 0 Å². The van der Waals surface area contributed by atoms with Crippen LogP contribution in [-0.4, -0.2) is 6.54 Å². The second-order valence-corrected chi connectivity index (χ2v) is 7.48. The summed E-state index contributed by atoms with van der Waals surface area (Å²) in [7, 11) is 0. The Morgan fingerprint density at radius 2 is 1.71 bits per heavy atom. The lowest BCUT2D eigenvalue weighted by Gasteiger charge is -2.13. The van der Waals surface area contributed by atoms with Crippen molar-refractivity contribution in [1.82, 2.24) is 0 Å². The molecule has 2 aromatic carbocycles. The van der Waals surface area contributed by atoms with Crippen molar-refractivity contribution in [1.29, 1.82) is 0 Å². The van der Waals surface area contributed by atoms with Gasteiger partial charge in [0.2, 0.25) is 0 Å². The first-order valence-corrected chi connectivity index (χ1v) is 9.01. The number of benzene rings is 2. The molecule has 0 aromatic heterocycles. The first-order valence-electron chi connectivity index (χ1n) is 6.26. The van der Waals surface area contributed by atoms with E-state index in [4.69, 9.17) is 22.1 Å². The van der Waals surface area contributed by atoms with Crippen molar-refractivity contribution in [3.63, 3.8) is 0 Å². The number of ether oxygens (including phenoxy) is 1. The molecule has 0 radical (unpaired) electrons. The van der Waals surface area contributed by atoms with E-state index < -0.39 is 0 Å². The molecule has 0 saturated heterocycles. The molecule has 21 heavy (non-hydrogen) atoms. The summed E-state index contributed by atoms with van der Waals surface area (Å²) in [4.78, 5) is 0. The summed E-state index contributed by atoms with van der Waals surface area (Å²) >= 11 is 16.7. The summed E-state index contributed by atoms with van der Waals surface area (Å²) in [6.07, 6.45) is 0.829. The van der Waals surface area contributed by atoms with E-state index >= 15 is 0 Å². The van der Waals surface area contributed by atoms with Crippen molar-refractivity contribution in [2.75, 3.05) is 6.54 Å². The standard InChI is InChI=1S/C15H13Br3ClNO/c16-11-2-1-10(14(19)7-11)8-21-15-12(17)5-9(3-4-20)6-13(15)18/h1-2,5-7H,3-4,8,20H2. The van der Waals surface area contributed by atoms with Crippen molar-refractivity contribution >= 4 is 59.4 Å². The van der Waals surface area contributed by atoms with E-state index in [0.29, 0.717) is 18.2 Å². The minimum Gasteiger partial charge on any atom is -0.486 e. The molecule has 0 unspecified atom stereocenters. The molecule has 0 saturated carbocycles. The summed E-state index contributed by atoms with van der Waals surface area (Å²) in [5, 5.41) is 0.677. The fourth-order valence-corrected chi connectivity index (χ4v) is 4.09. The van der Waals surface area contributed by atoms with E-state index in [-0.39, 0.29) is 0 Å².